The highest BCUT2D eigenvalue weighted by atomic mass is 16.6. The molecule has 0 spiro atoms. The number of ether oxygens (including phenoxy) is 3. The molecule has 3 rings (SSSR count). The molecule has 31 heavy (non-hydrogen) atoms. The molecule has 9 nitrogen and oxygen atoms in total. The van der Waals surface area contributed by atoms with Gasteiger partial charge in [0.25, 0.3) is 0 Å². The minimum absolute atomic E-state index is 0.171. The molecule has 3 fully saturated rings. The van der Waals surface area contributed by atoms with Gasteiger partial charge in [-0.3, -0.25) is 4.79 Å². The normalized spacial score (nSPS) is 37.7. The van der Waals surface area contributed by atoms with Crippen molar-refractivity contribution in [2.45, 2.75) is 57.5 Å². The van der Waals surface area contributed by atoms with Gasteiger partial charge in [0.15, 0.2) is 0 Å². The number of carbonyl (C=O) groups is 4. The van der Waals surface area contributed by atoms with Crippen molar-refractivity contribution in [2.75, 3.05) is 6.61 Å². The van der Waals surface area contributed by atoms with Gasteiger partial charge in [-0.15, -0.1) is 0 Å². The number of fused-ring (bicyclic) bond motifs is 3. The average Bonchev–Trinajstić information content (AvgIpc) is 3.00. The van der Waals surface area contributed by atoms with Gasteiger partial charge < -0.3 is 29.2 Å². The Kier molecular flexibility index (Phi) is 6.38. The summed E-state index contributed by atoms with van der Waals surface area (Å²) in [5.74, 6) is -3.61. The molecule has 0 amide bonds. The minimum atomic E-state index is -1.46. The van der Waals surface area contributed by atoms with Crippen LogP contribution in [0.5, 0.6) is 0 Å². The van der Waals surface area contributed by atoms with Crippen molar-refractivity contribution in [3.63, 3.8) is 0 Å². The number of rotatable bonds is 6. The van der Waals surface area contributed by atoms with Gasteiger partial charge in [0.2, 0.25) is 0 Å². The van der Waals surface area contributed by atoms with E-state index in [2.05, 4.69) is 13.2 Å². The summed E-state index contributed by atoms with van der Waals surface area (Å²) in [7, 11) is 0. The van der Waals surface area contributed by atoms with Crippen molar-refractivity contribution in [3.8, 4) is 0 Å². The Morgan fingerprint density at radius 2 is 2.06 bits per heavy atom. The third-order valence-corrected chi connectivity index (χ3v) is 7.07. The maximum absolute atomic E-state index is 12.7. The molecular formula is C22H28O9. The Balaban J connectivity index is 1.88. The van der Waals surface area contributed by atoms with E-state index in [0.29, 0.717) is 12.8 Å². The maximum atomic E-state index is 12.7. The van der Waals surface area contributed by atoms with Crippen molar-refractivity contribution in [3.05, 3.63) is 24.3 Å². The lowest BCUT2D eigenvalue weighted by atomic mass is 9.51. The van der Waals surface area contributed by atoms with E-state index in [0.717, 1.165) is 6.29 Å². The fraction of sp³-hybridized carbons (Fsp3) is 0.636. The van der Waals surface area contributed by atoms with Crippen LogP contribution in [0.2, 0.25) is 0 Å². The second kappa shape index (κ2) is 8.55. The molecule has 1 aliphatic heterocycles. The van der Waals surface area contributed by atoms with Crippen LogP contribution in [0.15, 0.2) is 24.3 Å². The smallest absolute Gasteiger partial charge is 0.336 e. The molecule has 0 bridgehead atoms. The Labute approximate surface area is 180 Å². The number of carbonyl (C=O) groups excluding carboxylic acids is 4. The van der Waals surface area contributed by atoms with E-state index >= 15 is 0 Å². The topological polar surface area (TPSA) is 136 Å². The zero-order valence-corrected chi connectivity index (χ0v) is 17.6. The number of esters is 3. The average molecular weight is 436 g/mol. The summed E-state index contributed by atoms with van der Waals surface area (Å²) in [6.45, 7) is 9.77. The molecule has 2 N–H and O–H groups in total. The Morgan fingerprint density at radius 1 is 1.39 bits per heavy atom. The predicted octanol–water partition coefficient (Wildman–Crippen LogP) is 0.472. The summed E-state index contributed by atoms with van der Waals surface area (Å²) >= 11 is 0. The summed E-state index contributed by atoms with van der Waals surface area (Å²) in [4.78, 5) is 47.7. The zero-order chi connectivity index (χ0) is 23.1. The zero-order valence-electron chi connectivity index (χ0n) is 17.6. The summed E-state index contributed by atoms with van der Waals surface area (Å²) in [5, 5.41) is 21.0. The molecule has 0 aromatic heterocycles. The van der Waals surface area contributed by atoms with Gasteiger partial charge >= 0.3 is 17.9 Å². The maximum Gasteiger partial charge on any atom is 0.336 e. The van der Waals surface area contributed by atoms with Crippen molar-refractivity contribution in [1.82, 2.24) is 0 Å². The molecule has 3 aliphatic rings. The van der Waals surface area contributed by atoms with Crippen LogP contribution in [0.4, 0.5) is 0 Å². The van der Waals surface area contributed by atoms with Crippen LogP contribution in [-0.4, -0.2) is 65.4 Å². The molecule has 2 aliphatic carbocycles. The summed E-state index contributed by atoms with van der Waals surface area (Å²) < 4.78 is 15.9. The molecule has 8 unspecified atom stereocenters. The van der Waals surface area contributed by atoms with Crippen LogP contribution < -0.4 is 0 Å². The molecule has 1 heterocycles. The van der Waals surface area contributed by atoms with Gasteiger partial charge in [0, 0.05) is 35.7 Å². The van der Waals surface area contributed by atoms with Gasteiger partial charge in [-0.05, 0) is 19.3 Å². The Morgan fingerprint density at radius 3 is 2.68 bits per heavy atom. The Hall–Kier alpha value is -2.52. The summed E-state index contributed by atoms with van der Waals surface area (Å²) in [6, 6.07) is 0. The number of aliphatic hydroxyl groups excluding tert-OH is 2. The van der Waals surface area contributed by atoms with Gasteiger partial charge in [-0.1, -0.05) is 20.1 Å². The van der Waals surface area contributed by atoms with Crippen LogP contribution in [0.25, 0.3) is 0 Å². The first-order chi connectivity index (χ1) is 14.5. The van der Waals surface area contributed by atoms with Gasteiger partial charge in [-0.2, -0.15) is 0 Å². The summed E-state index contributed by atoms with van der Waals surface area (Å²) in [6.07, 6.45) is -2.16. The predicted molar refractivity (Wildman–Crippen MR) is 105 cm³/mol. The Bertz CT molecular complexity index is 818. The molecule has 0 radical (unpaired) electrons. The second-order valence-corrected chi connectivity index (χ2v) is 8.76. The first kappa shape index (κ1) is 23.1. The molecular weight excluding hydrogens is 408 g/mol. The molecule has 9 heteroatoms. The van der Waals surface area contributed by atoms with Crippen molar-refractivity contribution < 1.29 is 43.6 Å². The van der Waals surface area contributed by atoms with Gasteiger partial charge in [-0.25, -0.2) is 9.59 Å². The third-order valence-electron chi connectivity index (χ3n) is 7.07. The van der Waals surface area contributed by atoms with Crippen molar-refractivity contribution in [1.29, 1.82) is 0 Å². The first-order valence-electron chi connectivity index (χ1n) is 10.3. The van der Waals surface area contributed by atoms with E-state index in [1.165, 1.54) is 6.92 Å². The fourth-order valence-corrected chi connectivity index (χ4v) is 5.23. The van der Waals surface area contributed by atoms with E-state index in [1.54, 1.807) is 6.92 Å². The van der Waals surface area contributed by atoms with Crippen LogP contribution >= 0.6 is 0 Å². The largest absolute Gasteiger partial charge is 0.463 e. The lowest BCUT2D eigenvalue weighted by Crippen LogP contribution is -2.63. The highest BCUT2D eigenvalue weighted by Gasteiger charge is 2.64. The van der Waals surface area contributed by atoms with E-state index in [4.69, 9.17) is 14.2 Å². The SMILES string of the molecule is C=C(C(=O)OC1CC2C(=C)C(=O)OC2C2C(C=O)CCC(O)C12C)C(O)COC(C)=O. The molecule has 170 valence electrons. The van der Waals surface area contributed by atoms with Gasteiger partial charge in [0.1, 0.15) is 31.2 Å². The quantitative estimate of drug-likeness (QED) is 0.263. The second-order valence-electron chi connectivity index (χ2n) is 8.76. The minimum Gasteiger partial charge on any atom is -0.463 e. The molecule has 0 aromatic carbocycles. The van der Waals surface area contributed by atoms with E-state index < -0.39 is 72.1 Å². The lowest BCUT2D eigenvalue weighted by molar-refractivity contribution is -0.214. The van der Waals surface area contributed by atoms with Crippen LogP contribution in [0.3, 0.4) is 0 Å². The van der Waals surface area contributed by atoms with E-state index in [-0.39, 0.29) is 17.6 Å². The number of aliphatic hydroxyl groups is 2. The highest BCUT2D eigenvalue weighted by Crippen LogP contribution is 2.58. The van der Waals surface area contributed by atoms with Crippen molar-refractivity contribution in [2.24, 2.45) is 23.2 Å². The third kappa shape index (κ3) is 3.92. The van der Waals surface area contributed by atoms with Crippen molar-refractivity contribution >= 4 is 24.2 Å². The fourth-order valence-electron chi connectivity index (χ4n) is 5.23. The van der Waals surface area contributed by atoms with E-state index in [9.17, 15) is 29.4 Å². The highest BCUT2D eigenvalue weighted by molar-refractivity contribution is 5.91. The molecule has 8 atom stereocenters. The first-order valence-corrected chi connectivity index (χ1v) is 10.3. The lowest BCUT2D eigenvalue weighted by Gasteiger charge is -2.56. The van der Waals surface area contributed by atoms with Crippen LogP contribution in [0.1, 0.15) is 33.1 Å². The number of hydrogen-bond donors (Lipinski definition) is 2. The molecule has 0 aromatic rings. The monoisotopic (exact) mass is 436 g/mol. The van der Waals surface area contributed by atoms with E-state index in [1.807, 2.05) is 0 Å². The number of hydrogen-bond acceptors (Lipinski definition) is 9. The number of aldehydes is 1. The standard InChI is InChI=1S/C22H28O9/c1-10-14-7-17(30-21(28)11(2)15(25)9-29-12(3)24)22(4)16(26)6-5-13(8-23)18(22)19(14)31-20(10)27/h8,13-19,25-26H,1-2,5-7,9H2,3-4H3. The van der Waals surface area contributed by atoms with Crippen LogP contribution in [-0.2, 0) is 33.4 Å². The molecule has 1 saturated heterocycles. The van der Waals surface area contributed by atoms with Gasteiger partial charge in [0.05, 0.1) is 11.7 Å². The summed E-state index contributed by atoms with van der Waals surface area (Å²) in [5.41, 5.74) is -1.13. The van der Waals surface area contributed by atoms with Crippen LogP contribution in [0, 0.1) is 23.2 Å². The molecule has 2 saturated carbocycles.